The van der Waals surface area contributed by atoms with Gasteiger partial charge in [-0.1, -0.05) is 147 Å². The van der Waals surface area contributed by atoms with Crippen molar-refractivity contribution < 1.29 is 0 Å². The molecule has 11 rings (SSSR count). The molecule has 1 aliphatic carbocycles. The van der Waals surface area contributed by atoms with E-state index >= 15 is 0 Å². The van der Waals surface area contributed by atoms with Gasteiger partial charge in [-0.15, -0.1) is 0 Å². The van der Waals surface area contributed by atoms with Gasteiger partial charge in [0.25, 0.3) is 0 Å². The Bertz CT molecular complexity index is 2850. The third-order valence-corrected chi connectivity index (χ3v) is 11.2. The standard InChI is InChI=1S/C48H33N5/c1-48(2)39-18-8-3-13-33(39)34-28-27-32(29-40(34)48)30-23-25-31(26-24-30)45-49-46(52-41-19-9-4-14-35(41)36-15-5-10-20-42(36)52)51-47(50-45)53-43-21-11-6-16-37(43)38-17-7-12-22-44(38)53/h3-29H,1-2H3. The highest BCUT2D eigenvalue weighted by molar-refractivity contribution is 6.10. The molecule has 0 aliphatic heterocycles. The van der Waals surface area contributed by atoms with Crippen molar-refractivity contribution >= 4 is 43.6 Å². The highest BCUT2D eigenvalue weighted by atomic mass is 15.3. The van der Waals surface area contributed by atoms with Crippen LogP contribution in [0.15, 0.2) is 164 Å². The zero-order valence-corrected chi connectivity index (χ0v) is 29.3. The molecule has 0 atom stereocenters. The summed E-state index contributed by atoms with van der Waals surface area (Å²) in [7, 11) is 0. The van der Waals surface area contributed by atoms with Crippen LogP contribution in [0, 0.1) is 0 Å². The summed E-state index contributed by atoms with van der Waals surface area (Å²) in [4.78, 5) is 15.7. The van der Waals surface area contributed by atoms with E-state index in [2.05, 4.69) is 187 Å². The maximum atomic E-state index is 5.28. The Morgan fingerprint density at radius 2 is 0.792 bits per heavy atom. The molecule has 0 N–H and O–H groups in total. The summed E-state index contributed by atoms with van der Waals surface area (Å²) in [5.74, 6) is 1.77. The number of benzene rings is 7. The molecule has 10 aromatic rings. The molecule has 1 aliphatic rings. The summed E-state index contributed by atoms with van der Waals surface area (Å²) in [6.07, 6.45) is 0. The number of rotatable bonds is 4. The van der Waals surface area contributed by atoms with E-state index < -0.39 is 0 Å². The van der Waals surface area contributed by atoms with Gasteiger partial charge < -0.3 is 0 Å². The summed E-state index contributed by atoms with van der Waals surface area (Å²) < 4.78 is 4.35. The molecule has 0 fully saturated rings. The van der Waals surface area contributed by atoms with Crippen molar-refractivity contribution in [3.05, 3.63) is 175 Å². The van der Waals surface area contributed by atoms with E-state index in [0.717, 1.165) is 54.7 Å². The third kappa shape index (κ3) is 4.34. The maximum absolute atomic E-state index is 5.28. The number of para-hydroxylation sites is 4. The highest BCUT2D eigenvalue weighted by Gasteiger charge is 2.35. The average molecular weight is 680 g/mol. The lowest BCUT2D eigenvalue weighted by Crippen LogP contribution is -2.14. The lowest BCUT2D eigenvalue weighted by molar-refractivity contribution is 0.660. The van der Waals surface area contributed by atoms with Crippen LogP contribution in [0.3, 0.4) is 0 Å². The normalized spacial score (nSPS) is 13.2. The fraction of sp³-hybridized carbons (Fsp3) is 0.0625. The highest BCUT2D eigenvalue weighted by Crippen LogP contribution is 2.49. The Morgan fingerprint density at radius 1 is 0.377 bits per heavy atom. The summed E-state index contributed by atoms with van der Waals surface area (Å²) in [6.45, 7) is 4.66. The molecule has 0 bridgehead atoms. The van der Waals surface area contributed by atoms with Gasteiger partial charge in [0.2, 0.25) is 11.9 Å². The van der Waals surface area contributed by atoms with E-state index in [-0.39, 0.29) is 5.41 Å². The molecule has 5 heteroatoms. The quantitative estimate of drug-likeness (QED) is 0.186. The van der Waals surface area contributed by atoms with Gasteiger partial charge >= 0.3 is 0 Å². The monoisotopic (exact) mass is 679 g/mol. The van der Waals surface area contributed by atoms with E-state index in [9.17, 15) is 0 Å². The molecule has 53 heavy (non-hydrogen) atoms. The Balaban J connectivity index is 1.10. The Morgan fingerprint density at radius 3 is 1.32 bits per heavy atom. The zero-order valence-electron chi connectivity index (χ0n) is 29.3. The second-order valence-electron chi connectivity index (χ2n) is 14.5. The van der Waals surface area contributed by atoms with E-state index in [1.54, 1.807) is 0 Å². The molecule has 0 unspecified atom stereocenters. The molecule has 0 amide bonds. The minimum absolute atomic E-state index is 0.0564. The molecular weight excluding hydrogens is 647 g/mol. The fourth-order valence-electron chi connectivity index (χ4n) is 8.65. The van der Waals surface area contributed by atoms with Crippen LogP contribution in [-0.4, -0.2) is 24.1 Å². The number of hydrogen-bond donors (Lipinski definition) is 0. The van der Waals surface area contributed by atoms with Crippen LogP contribution >= 0.6 is 0 Å². The van der Waals surface area contributed by atoms with Crippen LogP contribution in [0.5, 0.6) is 0 Å². The number of nitrogens with zero attached hydrogens (tertiary/aromatic N) is 5. The number of aromatic nitrogens is 5. The minimum Gasteiger partial charge on any atom is -0.278 e. The Labute approximate surface area is 306 Å². The minimum atomic E-state index is -0.0564. The van der Waals surface area contributed by atoms with E-state index in [0.29, 0.717) is 17.7 Å². The lowest BCUT2D eigenvalue weighted by Gasteiger charge is -2.22. The summed E-state index contributed by atoms with van der Waals surface area (Å²) in [5, 5.41) is 4.64. The third-order valence-electron chi connectivity index (χ3n) is 11.2. The summed E-state index contributed by atoms with van der Waals surface area (Å²) in [6, 6.07) is 58.2. The molecule has 5 nitrogen and oxygen atoms in total. The van der Waals surface area contributed by atoms with Gasteiger partial charge in [0.1, 0.15) is 0 Å². The van der Waals surface area contributed by atoms with Gasteiger partial charge in [-0.2, -0.15) is 15.0 Å². The molecule has 3 aromatic heterocycles. The molecular formula is C48H33N5. The predicted molar refractivity (Wildman–Crippen MR) is 217 cm³/mol. The van der Waals surface area contributed by atoms with Crippen LogP contribution in [0.4, 0.5) is 0 Å². The van der Waals surface area contributed by atoms with Gasteiger partial charge in [-0.05, 0) is 63.7 Å². The first-order valence-corrected chi connectivity index (χ1v) is 18.1. The first-order valence-electron chi connectivity index (χ1n) is 18.1. The van der Waals surface area contributed by atoms with Crippen molar-refractivity contribution in [1.29, 1.82) is 0 Å². The van der Waals surface area contributed by atoms with Gasteiger partial charge in [-0.25, -0.2) is 0 Å². The molecule has 250 valence electrons. The van der Waals surface area contributed by atoms with Crippen molar-refractivity contribution in [3.63, 3.8) is 0 Å². The zero-order chi connectivity index (χ0) is 35.3. The topological polar surface area (TPSA) is 48.5 Å². The maximum Gasteiger partial charge on any atom is 0.240 e. The molecule has 3 heterocycles. The Kier molecular flexibility index (Phi) is 6.23. The molecule has 0 radical (unpaired) electrons. The smallest absolute Gasteiger partial charge is 0.240 e. The van der Waals surface area contributed by atoms with Crippen molar-refractivity contribution in [3.8, 4) is 45.5 Å². The molecule has 0 saturated heterocycles. The SMILES string of the molecule is CC1(C)c2ccccc2-c2ccc(-c3ccc(-c4nc(-n5c6ccccc6c6ccccc65)nc(-n5c6ccccc6c6ccccc65)n4)cc3)cc21. The van der Waals surface area contributed by atoms with Gasteiger partial charge in [-0.3, -0.25) is 9.13 Å². The average Bonchev–Trinajstić information content (AvgIpc) is 3.81. The van der Waals surface area contributed by atoms with Crippen LogP contribution in [0.1, 0.15) is 25.0 Å². The van der Waals surface area contributed by atoms with Crippen LogP contribution in [0.2, 0.25) is 0 Å². The van der Waals surface area contributed by atoms with Crippen molar-refractivity contribution in [1.82, 2.24) is 24.1 Å². The fourth-order valence-corrected chi connectivity index (χ4v) is 8.65. The van der Waals surface area contributed by atoms with Crippen molar-refractivity contribution in [2.75, 3.05) is 0 Å². The molecule has 0 spiro atoms. The number of fused-ring (bicyclic) bond motifs is 9. The van der Waals surface area contributed by atoms with Crippen molar-refractivity contribution in [2.24, 2.45) is 0 Å². The first kappa shape index (κ1) is 29.8. The molecule has 0 saturated carbocycles. The van der Waals surface area contributed by atoms with Gasteiger partial charge in [0, 0.05) is 32.5 Å². The van der Waals surface area contributed by atoms with E-state index in [4.69, 9.17) is 15.0 Å². The summed E-state index contributed by atoms with van der Waals surface area (Å²) in [5.41, 5.74) is 12.8. The lowest BCUT2D eigenvalue weighted by atomic mass is 9.81. The first-order chi connectivity index (χ1) is 26.0. The largest absolute Gasteiger partial charge is 0.278 e. The molecule has 7 aromatic carbocycles. The van der Waals surface area contributed by atoms with Crippen LogP contribution < -0.4 is 0 Å². The van der Waals surface area contributed by atoms with Crippen molar-refractivity contribution in [2.45, 2.75) is 19.3 Å². The second kappa shape index (κ2) is 11.1. The number of hydrogen-bond acceptors (Lipinski definition) is 3. The Hall–Kier alpha value is -6.85. The van der Waals surface area contributed by atoms with E-state index in [1.807, 2.05) is 0 Å². The summed E-state index contributed by atoms with van der Waals surface area (Å²) >= 11 is 0. The van der Waals surface area contributed by atoms with Crippen LogP contribution in [-0.2, 0) is 5.41 Å². The van der Waals surface area contributed by atoms with E-state index in [1.165, 1.54) is 27.8 Å². The predicted octanol–water partition coefficient (Wildman–Crippen LogP) is 11.7. The van der Waals surface area contributed by atoms with Gasteiger partial charge in [0.05, 0.1) is 22.1 Å². The second-order valence-corrected chi connectivity index (χ2v) is 14.5. The van der Waals surface area contributed by atoms with Gasteiger partial charge in [0.15, 0.2) is 5.82 Å². The van der Waals surface area contributed by atoms with Crippen LogP contribution in [0.25, 0.3) is 89.2 Å².